The van der Waals surface area contributed by atoms with Crippen molar-refractivity contribution in [2.75, 3.05) is 6.54 Å². The number of rotatable bonds is 13. The van der Waals surface area contributed by atoms with Crippen LogP contribution < -0.4 is 27.4 Å². The Labute approximate surface area is 202 Å². The molecule has 0 radical (unpaired) electrons. The number of carbonyl (C=O) groups is 5. The van der Waals surface area contributed by atoms with Gasteiger partial charge in [0.1, 0.15) is 12.1 Å². The molecule has 3 unspecified atom stereocenters. The molecule has 0 bridgehead atoms. The van der Waals surface area contributed by atoms with Crippen molar-refractivity contribution in [2.24, 2.45) is 11.5 Å². The maximum Gasteiger partial charge on any atom is 0.326 e. The van der Waals surface area contributed by atoms with Crippen LogP contribution in [0.5, 0.6) is 0 Å². The van der Waals surface area contributed by atoms with Gasteiger partial charge in [0.05, 0.1) is 19.0 Å². The largest absolute Gasteiger partial charge is 0.480 e. The lowest BCUT2D eigenvalue weighted by atomic mass is 10.1. The minimum absolute atomic E-state index is 0.0511. The summed E-state index contributed by atoms with van der Waals surface area (Å²) in [6, 6.07) is 14.2. The van der Waals surface area contributed by atoms with E-state index in [9.17, 15) is 29.1 Å². The Hall–Kier alpha value is -4.25. The maximum absolute atomic E-state index is 12.5. The lowest BCUT2D eigenvalue weighted by molar-refractivity contribution is -0.141. The first-order valence-electron chi connectivity index (χ1n) is 10.9. The highest BCUT2D eigenvalue weighted by Gasteiger charge is 2.26. The van der Waals surface area contributed by atoms with E-state index in [2.05, 4.69) is 16.0 Å². The third-order valence-corrected chi connectivity index (χ3v) is 5.01. The topological polar surface area (TPSA) is 194 Å². The Balaban J connectivity index is 1.91. The molecule has 3 atom stereocenters. The number of nitrogens with one attached hydrogen (secondary N) is 3. The van der Waals surface area contributed by atoms with E-state index >= 15 is 0 Å². The van der Waals surface area contributed by atoms with Crippen molar-refractivity contribution in [3.8, 4) is 0 Å². The van der Waals surface area contributed by atoms with Gasteiger partial charge in [-0.2, -0.15) is 0 Å². The van der Waals surface area contributed by atoms with E-state index in [0.717, 1.165) is 5.56 Å². The number of carbonyl (C=O) groups excluding carboxylic acids is 4. The van der Waals surface area contributed by atoms with Crippen LogP contribution in [0, 0.1) is 0 Å². The molecular formula is C24H29N5O6. The summed E-state index contributed by atoms with van der Waals surface area (Å²) in [5, 5.41) is 16.4. The van der Waals surface area contributed by atoms with Crippen molar-refractivity contribution in [3.63, 3.8) is 0 Å². The van der Waals surface area contributed by atoms with Crippen molar-refractivity contribution < 1.29 is 29.1 Å². The second-order valence-corrected chi connectivity index (χ2v) is 7.89. The van der Waals surface area contributed by atoms with Crippen LogP contribution in [0.2, 0.25) is 0 Å². The van der Waals surface area contributed by atoms with Crippen molar-refractivity contribution in [3.05, 3.63) is 71.8 Å². The lowest BCUT2D eigenvalue weighted by Gasteiger charge is -2.20. The van der Waals surface area contributed by atoms with E-state index in [0.29, 0.717) is 5.56 Å². The summed E-state index contributed by atoms with van der Waals surface area (Å²) >= 11 is 0. The Morgan fingerprint density at radius 1 is 0.771 bits per heavy atom. The summed E-state index contributed by atoms with van der Waals surface area (Å²) in [4.78, 5) is 60.2. The molecule has 8 N–H and O–H groups in total. The summed E-state index contributed by atoms with van der Waals surface area (Å²) in [6.45, 7) is -0.571. The SMILES string of the molecule is NC(=O)CC(NC(=O)C(N)Cc1ccccc1)C(=O)NCC(=O)NC(Cc1ccccc1)C(=O)O. The van der Waals surface area contributed by atoms with E-state index in [1.165, 1.54) is 0 Å². The number of aliphatic carboxylic acids is 1. The van der Waals surface area contributed by atoms with Crippen LogP contribution in [0.15, 0.2) is 60.7 Å². The Kier molecular flexibility index (Phi) is 10.4. The van der Waals surface area contributed by atoms with Crippen molar-refractivity contribution in [1.29, 1.82) is 0 Å². The molecule has 11 nitrogen and oxygen atoms in total. The second kappa shape index (κ2) is 13.5. The minimum atomic E-state index is -1.35. The van der Waals surface area contributed by atoms with E-state index in [-0.39, 0.29) is 12.8 Å². The number of benzene rings is 2. The molecule has 0 saturated heterocycles. The van der Waals surface area contributed by atoms with Gasteiger partial charge in [0.25, 0.3) is 0 Å². The monoisotopic (exact) mass is 483 g/mol. The number of primary amides is 1. The fourth-order valence-corrected chi connectivity index (χ4v) is 3.24. The lowest BCUT2D eigenvalue weighted by Crippen LogP contribution is -2.54. The first kappa shape index (κ1) is 27.0. The normalized spacial score (nSPS) is 13.1. The highest BCUT2D eigenvalue weighted by atomic mass is 16.4. The average Bonchev–Trinajstić information content (AvgIpc) is 2.82. The van der Waals surface area contributed by atoms with Crippen LogP contribution in [0.25, 0.3) is 0 Å². The van der Waals surface area contributed by atoms with Gasteiger partial charge in [0.15, 0.2) is 0 Å². The predicted octanol–water partition coefficient (Wildman–Crippen LogP) is -1.16. The molecule has 0 aliphatic rings. The van der Waals surface area contributed by atoms with Gasteiger partial charge in [0.2, 0.25) is 23.6 Å². The third-order valence-electron chi connectivity index (χ3n) is 5.01. The molecule has 0 heterocycles. The molecule has 0 fully saturated rings. The molecular weight excluding hydrogens is 454 g/mol. The Bertz CT molecular complexity index is 1030. The third kappa shape index (κ3) is 9.64. The van der Waals surface area contributed by atoms with Crippen LogP contribution >= 0.6 is 0 Å². The Morgan fingerprint density at radius 3 is 1.83 bits per heavy atom. The number of carboxylic acid groups (broad SMARTS) is 1. The first-order chi connectivity index (χ1) is 16.7. The maximum atomic E-state index is 12.5. The number of hydrogen-bond acceptors (Lipinski definition) is 6. The van der Waals surface area contributed by atoms with Crippen LogP contribution in [-0.4, -0.2) is 59.4 Å². The van der Waals surface area contributed by atoms with E-state index in [4.69, 9.17) is 11.5 Å². The zero-order valence-electron chi connectivity index (χ0n) is 19.0. The number of nitrogens with two attached hydrogens (primary N) is 2. The van der Waals surface area contributed by atoms with Gasteiger partial charge in [-0.3, -0.25) is 19.2 Å². The molecule has 35 heavy (non-hydrogen) atoms. The van der Waals surface area contributed by atoms with Crippen LogP contribution in [0.3, 0.4) is 0 Å². The smallest absolute Gasteiger partial charge is 0.326 e. The van der Waals surface area contributed by atoms with Crippen LogP contribution in [0.1, 0.15) is 17.5 Å². The van der Waals surface area contributed by atoms with Gasteiger partial charge in [0, 0.05) is 6.42 Å². The minimum Gasteiger partial charge on any atom is -0.480 e. The van der Waals surface area contributed by atoms with Gasteiger partial charge < -0.3 is 32.5 Å². The highest BCUT2D eigenvalue weighted by Crippen LogP contribution is 2.04. The molecule has 0 saturated carbocycles. The highest BCUT2D eigenvalue weighted by molar-refractivity contribution is 5.95. The molecule has 2 rings (SSSR count). The van der Waals surface area contributed by atoms with E-state index in [1.807, 2.05) is 6.07 Å². The molecule has 2 aromatic rings. The van der Waals surface area contributed by atoms with Crippen molar-refractivity contribution in [2.45, 2.75) is 37.4 Å². The molecule has 0 spiro atoms. The van der Waals surface area contributed by atoms with Crippen molar-refractivity contribution >= 4 is 29.6 Å². The van der Waals surface area contributed by atoms with Gasteiger partial charge in [-0.25, -0.2) is 4.79 Å². The number of amides is 4. The van der Waals surface area contributed by atoms with E-state index in [1.54, 1.807) is 54.6 Å². The number of carboxylic acids is 1. The molecule has 2 aromatic carbocycles. The first-order valence-corrected chi connectivity index (χ1v) is 10.9. The second-order valence-electron chi connectivity index (χ2n) is 7.89. The summed E-state index contributed by atoms with van der Waals surface area (Å²) < 4.78 is 0. The fourth-order valence-electron chi connectivity index (χ4n) is 3.24. The molecule has 11 heteroatoms. The number of hydrogen-bond donors (Lipinski definition) is 6. The van der Waals surface area contributed by atoms with E-state index < -0.39 is 60.7 Å². The molecule has 0 aliphatic carbocycles. The van der Waals surface area contributed by atoms with Crippen molar-refractivity contribution in [1.82, 2.24) is 16.0 Å². The quantitative estimate of drug-likeness (QED) is 0.207. The zero-order valence-corrected chi connectivity index (χ0v) is 19.0. The van der Waals surface area contributed by atoms with Gasteiger partial charge in [-0.1, -0.05) is 60.7 Å². The Morgan fingerprint density at radius 2 is 1.31 bits per heavy atom. The molecule has 0 aromatic heterocycles. The zero-order chi connectivity index (χ0) is 25.8. The summed E-state index contributed by atoms with van der Waals surface area (Å²) in [7, 11) is 0. The molecule has 0 aliphatic heterocycles. The fraction of sp³-hybridized carbons (Fsp3) is 0.292. The predicted molar refractivity (Wildman–Crippen MR) is 127 cm³/mol. The van der Waals surface area contributed by atoms with Gasteiger partial charge >= 0.3 is 5.97 Å². The van der Waals surface area contributed by atoms with Gasteiger partial charge in [-0.15, -0.1) is 0 Å². The average molecular weight is 484 g/mol. The van der Waals surface area contributed by atoms with Crippen LogP contribution in [0.4, 0.5) is 0 Å². The summed E-state index contributed by atoms with van der Waals surface area (Å²) in [5.41, 5.74) is 12.6. The standard InChI is InChI=1S/C24H29N5O6/c25-17(11-15-7-3-1-4-8-15)22(32)29-18(13-20(26)30)23(33)27-14-21(31)28-19(24(34)35)12-16-9-5-2-6-10-16/h1-10,17-19H,11-14,25H2,(H2,26,30)(H,27,33)(H,28,31)(H,29,32)(H,34,35). The summed E-state index contributed by atoms with van der Waals surface area (Å²) in [6.07, 6.45) is -0.253. The molecule has 186 valence electrons. The van der Waals surface area contributed by atoms with Crippen LogP contribution in [-0.2, 0) is 36.8 Å². The van der Waals surface area contributed by atoms with Gasteiger partial charge in [-0.05, 0) is 17.5 Å². The summed E-state index contributed by atoms with van der Waals surface area (Å²) in [5.74, 6) is -4.35. The molecule has 4 amide bonds.